The van der Waals surface area contributed by atoms with Crippen molar-refractivity contribution >= 4 is 0 Å². The van der Waals surface area contributed by atoms with Gasteiger partial charge in [0, 0.05) is 24.5 Å². The van der Waals surface area contributed by atoms with E-state index in [0.717, 1.165) is 5.56 Å². The Bertz CT molecular complexity index is 557. The van der Waals surface area contributed by atoms with Gasteiger partial charge in [0.05, 0.1) is 19.8 Å². The summed E-state index contributed by atoms with van der Waals surface area (Å²) in [5, 5.41) is 10.1. The van der Waals surface area contributed by atoms with Crippen LogP contribution < -0.4 is 10.2 Å². The Hall–Kier alpha value is -2.07. The van der Waals surface area contributed by atoms with Gasteiger partial charge in [0.25, 0.3) is 0 Å². The molecule has 1 atom stereocenters. The predicted octanol–water partition coefficient (Wildman–Crippen LogP) is 1.59. The fourth-order valence-electron chi connectivity index (χ4n) is 1.72. The van der Waals surface area contributed by atoms with Gasteiger partial charge in [0.15, 0.2) is 5.43 Å². The van der Waals surface area contributed by atoms with E-state index in [9.17, 15) is 9.90 Å². The summed E-state index contributed by atoms with van der Waals surface area (Å²) in [6.07, 6.45) is 2.68. The summed E-state index contributed by atoms with van der Waals surface area (Å²) in [5.41, 5.74) is 0.746. The third kappa shape index (κ3) is 2.99. The van der Waals surface area contributed by atoms with Crippen molar-refractivity contribution in [1.29, 1.82) is 0 Å². The van der Waals surface area contributed by atoms with E-state index in [1.807, 2.05) is 18.2 Å². The van der Waals surface area contributed by atoms with Gasteiger partial charge in [-0.1, -0.05) is 12.1 Å². The lowest BCUT2D eigenvalue weighted by Gasteiger charge is -2.14. The molecule has 0 bridgehead atoms. The van der Waals surface area contributed by atoms with Crippen molar-refractivity contribution in [1.82, 2.24) is 4.57 Å². The van der Waals surface area contributed by atoms with Crippen LogP contribution in [0.5, 0.6) is 5.75 Å². The van der Waals surface area contributed by atoms with Gasteiger partial charge in [0.2, 0.25) is 0 Å². The first-order chi connectivity index (χ1) is 8.69. The van der Waals surface area contributed by atoms with E-state index in [-0.39, 0.29) is 5.43 Å². The molecule has 1 unspecified atom stereocenters. The highest BCUT2D eigenvalue weighted by Crippen LogP contribution is 2.20. The topological polar surface area (TPSA) is 51.5 Å². The van der Waals surface area contributed by atoms with Crippen molar-refractivity contribution in [2.45, 2.75) is 12.6 Å². The summed E-state index contributed by atoms with van der Waals surface area (Å²) in [5.74, 6) is 0.714. The number of benzene rings is 1. The molecule has 18 heavy (non-hydrogen) atoms. The maximum atomic E-state index is 11.0. The first-order valence-electron chi connectivity index (χ1n) is 5.67. The first-order valence-corrected chi connectivity index (χ1v) is 5.67. The van der Waals surface area contributed by atoms with Gasteiger partial charge in [0.1, 0.15) is 5.75 Å². The third-order valence-corrected chi connectivity index (χ3v) is 2.72. The number of aliphatic hydroxyl groups excluding tert-OH is 1. The van der Waals surface area contributed by atoms with Crippen molar-refractivity contribution in [2.75, 3.05) is 7.11 Å². The first kappa shape index (κ1) is 12.4. The Labute approximate surface area is 105 Å². The molecule has 0 aliphatic carbocycles. The second kappa shape index (κ2) is 5.51. The zero-order valence-corrected chi connectivity index (χ0v) is 10.1. The molecule has 94 valence electrons. The molecule has 1 N–H and O–H groups in total. The monoisotopic (exact) mass is 245 g/mol. The minimum absolute atomic E-state index is 0.0397. The maximum Gasteiger partial charge on any atom is 0.181 e. The highest BCUT2D eigenvalue weighted by atomic mass is 16.5. The van der Waals surface area contributed by atoms with E-state index in [4.69, 9.17) is 4.74 Å². The van der Waals surface area contributed by atoms with Crippen LogP contribution in [-0.2, 0) is 6.54 Å². The molecule has 0 saturated heterocycles. The number of hydrogen-bond acceptors (Lipinski definition) is 3. The fourth-order valence-corrected chi connectivity index (χ4v) is 1.72. The van der Waals surface area contributed by atoms with Gasteiger partial charge < -0.3 is 14.4 Å². The van der Waals surface area contributed by atoms with Crippen molar-refractivity contribution < 1.29 is 9.84 Å². The van der Waals surface area contributed by atoms with Gasteiger partial charge in [-0.2, -0.15) is 0 Å². The van der Waals surface area contributed by atoms with E-state index >= 15 is 0 Å². The molecule has 1 aromatic carbocycles. The fraction of sp³-hybridized carbons (Fsp3) is 0.214. The van der Waals surface area contributed by atoms with Gasteiger partial charge in [-0.3, -0.25) is 4.79 Å². The lowest BCUT2D eigenvalue weighted by atomic mass is 10.1. The summed E-state index contributed by atoms with van der Waals surface area (Å²) >= 11 is 0. The van der Waals surface area contributed by atoms with Crippen molar-refractivity contribution in [3.05, 3.63) is 64.6 Å². The molecular weight excluding hydrogens is 230 g/mol. The molecule has 2 rings (SSSR count). The number of aliphatic hydroxyl groups is 1. The van der Waals surface area contributed by atoms with Crippen molar-refractivity contribution in [2.24, 2.45) is 0 Å². The van der Waals surface area contributed by atoms with Gasteiger partial charge in [-0.25, -0.2) is 0 Å². The van der Waals surface area contributed by atoms with E-state index in [2.05, 4.69) is 0 Å². The number of nitrogens with zero attached hydrogens (tertiary/aromatic N) is 1. The van der Waals surface area contributed by atoms with Gasteiger partial charge in [-0.15, -0.1) is 0 Å². The number of hydrogen-bond donors (Lipinski definition) is 1. The highest BCUT2D eigenvalue weighted by Gasteiger charge is 2.08. The molecule has 0 spiro atoms. The van der Waals surface area contributed by atoms with Crippen LogP contribution in [0.15, 0.2) is 53.6 Å². The van der Waals surface area contributed by atoms with E-state index in [0.29, 0.717) is 12.3 Å². The molecular formula is C14H15NO3. The minimum Gasteiger partial charge on any atom is -0.497 e. The van der Waals surface area contributed by atoms with Crippen molar-refractivity contribution in [3.8, 4) is 5.75 Å². The summed E-state index contributed by atoms with van der Waals surface area (Å²) in [4.78, 5) is 11.0. The number of ether oxygens (including phenoxy) is 1. The quantitative estimate of drug-likeness (QED) is 0.890. The van der Waals surface area contributed by atoms with Crippen LogP contribution in [0.3, 0.4) is 0 Å². The van der Waals surface area contributed by atoms with Crippen LogP contribution in [0, 0.1) is 0 Å². The summed E-state index contributed by atoms with van der Waals surface area (Å²) in [6.45, 7) is 0.396. The Morgan fingerprint density at radius 1 is 1.28 bits per heavy atom. The molecule has 2 aromatic rings. The SMILES string of the molecule is COc1cccc(C(O)Cn2ccc(=O)cc2)c1. The number of pyridine rings is 1. The molecule has 4 nitrogen and oxygen atoms in total. The van der Waals surface area contributed by atoms with E-state index < -0.39 is 6.10 Å². The van der Waals surface area contributed by atoms with Crippen LogP contribution in [-0.4, -0.2) is 16.8 Å². The average molecular weight is 245 g/mol. The zero-order valence-electron chi connectivity index (χ0n) is 10.1. The summed E-state index contributed by atoms with van der Waals surface area (Å²) in [7, 11) is 1.59. The van der Waals surface area contributed by atoms with Gasteiger partial charge in [-0.05, 0) is 17.7 Å². The molecule has 0 aliphatic heterocycles. The number of methoxy groups -OCH3 is 1. The standard InChI is InChI=1S/C14H15NO3/c1-18-13-4-2-3-11(9-13)14(17)10-15-7-5-12(16)6-8-15/h2-9,14,17H,10H2,1H3. The smallest absolute Gasteiger partial charge is 0.181 e. The largest absolute Gasteiger partial charge is 0.497 e. The predicted molar refractivity (Wildman–Crippen MR) is 68.7 cm³/mol. The lowest BCUT2D eigenvalue weighted by Crippen LogP contribution is -2.10. The third-order valence-electron chi connectivity index (χ3n) is 2.72. The highest BCUT2D eigenvalue weighted by molar-refractivity contribution is 5.29. The molecule has 0 fully saturated rings. The summed E-state index contributed by atoms with van der Waals surface area (Å²) in [6, 6.07) is 10.2. The Morgan fingerprint density at radius 3 is 2.67 bits per heavy atom. The Balaban J connectivity index is 2.13. The normalized spacial score (nSPS) is 12.1. The van der Waals surface area contributed by atoms with Crippen LogP contribution in [0.1, 0.15) is 11.7 Å². The molecule has 0 radical (unpaired) electrons. The number of rotatable bonds is 4. The minimum atomic E-state index is -0.636. The van der Waals surface area contributed by atoms with Crippen LogP contribution >= 0.6 is 0 Å². The molecule has 0 saturated carbocycles. The molecule has 1 aromatic heterocycles. The molecule has 4 heteroatoms. The van der Waals surface area contributed by atoms with E-state index in [1.165, 1.54) is 12.1 Å². The Morgan fingerprint density at radius 2 is 2.00 bits per heavy atom. The van der Waals surface area contributed by atoms with Crippen LogP contribution in [0.2, 0.25) is 0 Å². The number of aromatic nitrogens is 1. The van der Waals surface area contributed by atoms with Crippen LogP contribution in [0.25, 0.3) is 0 Å². The second-order valence-corrected chi connectivity index (χ2v) is 4.02. The van der Waals surface area contributed by atoms with E-state index in [1.54, 1.807) is 30.1 Å². The second-order valence-electron chi connectivity index (χ2n) is 4.02. The van der Waals surface area contributed by atoms with Crippen molar-refractivity contribution in [3.63, 3.8) is 0 Å². The average Bonchev–Trinajstić information content (AvgIpc) is 2.41. The molecule has 1 heterocycles. The Kier molecular flexibility index (Phi) is 3.79. The van der Waals surface area contributed by atoms with Gasteiger partial charge >= 0.3 is 0 Å². The summed E-state index contributed by atoms with van der Waals surface area (Å²) < 4.78 is 6.88. The zero-order chi connectivity index (χ0) is 13.0. The lowest BCUT2D eigenvalue weighted by molar-refractivity contribution is 0.156. The van der Waals surface area contributed by atoms with Crippen LogP contribution in [0.4, 0.5) is 0 Å². The maximum absolute atomic E-state index is 11.0. The molecule has 0 amide bonds. The molecule has 0 aliphatic rings.